The van der Waals surface area contributed by atoms with Crippen molar-refractivity contribution in [2.24, 2.45) is 4.99 Å². The normalized spacial score (nSPS) is 15.4. The van der Waals surface area contributed by atoms with Gasteiger partial charge >= 0.3 is 0 Å². The molecule has 0 saturated heterocycles. The average Bonchev–Trinajstić information content (AvgIpc) is 2.66. The number of unbranched alkanes of at least 4 members (excludes halogenated alkanes) is 12. The fourth-order valence-corrected chi connectivity index (χ4v) is 3.62. The first-order valence-corrected chi connectivity index (χ1v) is 11.8. The monoisotopic (exact) mass is 376 g/mol. The van der Waals surface area contributed by atoms with Crippen molar-refractivity contribution < 1.29 is 4.79 Å². The Morgan fingerprint density at radius 3 is 2.15 bits per heavy atom. The van der Waals surface area contributed by atoms with Crippen LogP contribution in [-0.2, 0) is 4.79 Å². The largest absolute Gasteiger partial charge is 0.341 e. The fraction of sp³-hybridized carbons (Fsp3) is 0.833. The molecule has 0 saturated carbocycles. The van der Waals surface area contributed by atoms with Crippen molar-refractivity contribution >= 4 is 12.1 Å². The summed E-state index contributed by atoms with van der Waals surface area (Å²) in [5, 5.41) is 0. The minimum absolute atomic E-state index is 0.314. The van der Waals surface area contributed by atoms with E-state index >= 15 is 0 Å². The van der Waals surface area contributed by atoms with Gasteiger partial charge in [-0.15, -0.1) is 0 Å². The molecule has 156 valence electrons. The average molecular weight is 377 g/mol. The van der Waals surface area contributed by atoms with Crippen molar-refractivity contribution in [3.05, 3.63) is 12.2 Å². The van der Waals surface area contributed by atoms with Gasteiger partial charge in [0.2, 0.25) is 5.91 Å². The zero-order valence-corrected chi connectivity index (χ0v) is 18.0. The Labute approximate surface area is 168 Å². The third-order valence-corrected chi connectivity index (χ3v) is 5.41. The minimum Gasteiger partial charge on any atom is -0.341 e. The number of hydrogen-bond donors (Lipinski definition) is 0. The quantitative estimate of drug-likeness (QED) is 0.217. The standard InChI is InChI=1S/C24H44N2O/c1-2-3-4-5-6-7-8-9-10-11-12-13-14-15-16-17-22-26-23-21-25-20-18-19-24(26)27/h9-10,20H,2-8,11-19,21-23H2,1H3. The van der Waals surface area contributed by atoms with E-state index in [1.165, 1.54) is 83.5 Å². The second-order valence-electron chi connectivity index (χ2n) is 7.95. The van der Waals surface area contributed by atoms with Crippen molar-refractivity contribution in [2.75, 3.05) is 19.6 Å². The SMILES string of the molecule is CCCCCCCCC=CCCCCCCCCN1CCN=CCCC1=O. The van der Waals surface area contributed by atoms with E-state index in [0.717, 1.165) is 32.5 Å². The molecule has 0 N–H and O–H groups in total. The highest BCUT2D eigenvalue weighted by Crippen LogP contribution is 2.11. The van der Waals surface area contributed by atoms with Gasteiger partial charge in [0.1, 0.15) is 0 Å². The third kappa shape index (κ3) is 14.6. The van der Waals surface area contributed by atoms with Crippen LogP contribution in [0.5, 0.6) is 0 Å². The highest BCUT2D eigenvalue weighted by atomic mass is 16.2. The summed E-state index contributed by atoms with van der Waals surface area (Å²) in [6, 6.07) is 0. The van der Waals surface area contributed by atoms with Crippen molar-refractivity contribution in [1.29, 1.82) is 0 Å². The van der Waals surface area contributed by atoms with Crippen LogP contribution in [0.3, 0.4) is 0 Å². The Kier molecular flexibility index (Phi) is 16.2. The zero-order valence-electron chi connectivity index (χ0n) is 18.0. The van der Waals surface area contributed by atoms with Crippen molar-refractivity contribution in [3.63, 3.8) is 0 Å². The van der Waals surface area contributed by atoms with Crippen molar-refractivity contribution in [1.82, 2.24) is 4.90 Å². The first-order chi connectivity index (χ1) is 13.3. The smallest absolute Gasteiger partial charge is 0.222 e. The number of carbonyl (C=O) groups excluding carboxylic acids is 1. The number of carbonyl (C=O) groups is 1. The number of nitrogens with zero attached hydrogens (tertiary/aromatic N) is 2. The van der Waals surface area contributed by atoms with E-state index in [9.17, 15) is 4.79 Å². The van der Waals surface area contributed by atoms with E-state index < -0.39 is 0 Å². The molecule has 0 aliphatic carbocycles. The van der Waals surface area contributed by atoms with Gasteiger partial charge in [-0.05, 0) is 44.7 Å². The van der Waals surface area contributed by atoms with Crippen LogP contribution in [0, 0.1) is 0 Å². The molecule has 0 unspecified atom stereocenters. The summed E-state index contributed by atoms with van der Waals surface area (Å²) < 4.78 is 0. The maximum absolute atomic E-state index is 12.0. The molecular weight excluding hydrogens is 332 g/mol. The number of amides is 1. The number of hydrogen-bond acceptors (Lipinski definition) is 2. The molecule has 0 radical (unpaired) electrons. The van der Waals surface area contributed by atoms with Gasteiger partial charge in [-0.1, -0.05) is 76.9 Å². The second-order valence-corrected chi connectivity index (χ2v) is 7.95. The lowest BCUT2D eigenvalue weighted by molar-refractivity contribution is -0.131. The molecule has 0 aromatic heterocycles. The van der Waals surface area contributed by atoms with Crippen LogP contribution in [0.25, 0.3) is 0 Å². The summed E-state index contributed by atoms with van der Waals surface area (Å²) in [5.74, 6) is 0.314. The molecule has 0 spiro atoms. The van der Waals surface area contributed by atoms with Gasteiger partial charge in [-0.2, -0.15) is 0 Å². The Morgan fingerprint density at radius 1 is 0.889 bits per heavy atom. The molecular formula is C24H44N2O. The van der Waals surface area contributed by atoms with Gasteiger partial charge in [-0.25, -0.2) is 0 Å². The maximum atomic E-state index is 12.0. The molecule has 0 aromatic carbocycles. The Hall–Kier alpha value is -1.12. The van der Waals surface area contributed by atoms with Gasteiger partial charge in [0, 0.05) is 19.5 Å². The lowest BCUT2D eigenvalue weighted by Crippen LogP contribution is -2.34. The summed E-state index contributed by atoms with van der Waals surface area (Å²) in [6.07, 6.45) is 26.7. The van der Waals surface area contributed by atoms with E-state index in [0.29, 0.717) is 12.3 Å². The third-order valence-electron chi connectivity index (χ3n) is 5.41. The minimum atomic E-state index is 0.314. The summed E-state index contributed by atoms with van der Waals surface area (Å²) >= 11 is 0. The first-order valence-electron chi connectivity index (χ1n) is 11.8. The first kappa shape index (κ1) is 23.9. The topological polar surface area (TPSA) is 32.7 Å². The predicted octanol–water partition coefficient (Wildman–Crippen LogP) is 6.72. The molecule has 1 amide bonds. The van der Waals surface area contributed by atoms with Crippen LogP contribution < -0.4 is 0 Å². The number of allylic oxidation sites excluding steroid dienone is 2. The van der Waals surface area contributed by atoms with Gasteiger partial charge < -0.3 is 4.90 Å². The molecule has 1 aliphatic rings. The summed E-state index contributed by atoms with van der Waals surface area (Å²) in [6.45, 7) is 4.78. The lowest BCUT2D eigenvalue weighted by atomic mass is 10.1. The van der Waals surface area contributed by atoms with E-state index in [2.05, 4.69) is 24.1 Å². The van der Waals surface area contributed by atoms with Crippen LogP contribution in [-0.4, -0.2) is 36.7 Å². The molecule has 0 fully saturated rings. The molecule has 3 heteroatoms. The highest BCUT2D eigenvalue weighted by molar-refractivity contribution is 5.79. The summed E-state index contributed by atoms with van der Waals surface area (Å²) in [4.78, 5) is 18.4. The van der Waals surface area contributed by atoms with Gasteiger partial charge in [0.25, 0.3) is 0 Å². The Morgan fingerprint density at radius 2 is 1.48 bits per heavy atom. The van der Waals surface area contributed by atoms with Crippen LogP contribution in [0.15, 0.2) is 17.1 Å². The van der Waals surface area contributed by atoms with Crippen molar-refractivity contribution in [3.8, 4) is 0 Å². The predicted molar refractivity (Wildman–Crippen MR) is 119 cm³/mol. The molecule has 0 aromatic rings. The molecule has 1 heterocycles. The maximum Gasteiger partial charge on any atom is 0.222 e. The van der Waals surface area contributed by atoms with E-state index in [1.54, 1.807) is 0 Å². The number of aliphatic imine (C=N–C) groups is 1. The fourth-order valence-electron chi connectivity index (χ4n) is 3.62. The van der Waals surface area contributed by atoms with Gasteiger partial charge in [0.15, 0.2) is 0 Å². The summed E-state index contributed by atoms with van der Waals surface area (Å²) in [7, 11) is 0. The number of rotatable bonds is 16. The van der Waals surface area contributed by atoms with E-state index in [4.69, 9.17) is 0 Å². The van der Waals surface area contributed by atoms with Crippen LogP contribution >= 0.6 is 0 Å². The molecule has 1 rings (SSSR count). The van der Waals surface area contributed by atoms with Crippen LogP contribution in [0.4, 0.5) is 0 Å². The molecule has 3 nitrogen and oxygen atoms in total. The van der Waals surface area contributed by atoms with Gasteiger partial charge in [-0.3, -0.25) is 9.79 Å². The zero-order chi connectivity index (χ0) is 19.4. The second kappa shape index (κ2) is 18.3. The van der Waals surface area contributed by atoms with Gasteiger partial charge in [0.05, 0.1) is 6.54 Å². The molecule has 27 heavy (non-hydrogen) atoms. The van der Waals surface area contributed by atoms with E-state index in [1.807, 2.05) is 11.1 Å². The van der Waals surface area contributed by atoms with E-state index in [-0.39, 0.29) is 0 Å². The summed E-state index contributed by atoms with van der Waals surface area (Å²) in [5.41, 5.74) is 0. The molecule has 1 aliphatic heterocycles. The molecule has 0 bridgehead atoms. The molecule has 0 atom stereocenters. The van der Waals surface area contributed by atoms with Crippen molar-refractivity contribution in [2.45, 2.75) is 110 Å². The van der Waals surface area contributed by atoms with Crippen LogP contribution in [0.1, 0.15) is 110 Å². The van der Waals surface area contributed by atoms with Crippen LogP contribution in [0.2, 0.25) is 0 Å². The Bertz CT molecular complexity index is 403. The Balaban J connectivity index is 1.84. The lowest BCUT2D eigenvalue weighted by Gasteiger charge is -2.23. The highest BCUT2D eigenvalue weighted by Gasteiger charge is 2.13.